The van der Waals surface area contributed by atoms with Gasteiger partial charge in [0.2, 0.25) is 11.9 Å². The molecular formula is C12H19N5O. The van der Waals surface area contributed by atoms with Gasteiger partial charge in [-0.1, -0.05) is 0 Å². The third-order valence-corrected chi connectivity index (χ3v) is 2.56. The Bertz CT molecular complexity index is 430. The summed E-state index contributed by atoms with van der Waals surface area (Å²) in [7, 11) is 0. The molecule has 1 aromatic heterocycles. The van der Waals surface area contributed by atoms with Crippen molar-refractivity contribution in [2.24, 2.45) is 0 Å². The Morgan fingerprint density at radius 1 is 1.39 bits per heavy atom. The van der Waals surface area contributed by atoms with Crippen LogP contribution in [0.3, 0.4) is 0 Å². The maximum atomic E-state index is 11.5. The van der Waals surface area contributed by atoms with Crippen molar-refractivity contribution in [3.05, 3.63) is 11.8 Å². The minimum absolute atomic E-state index is 0.0127. The van der Waals surface area contributed by atoms with Gasteiger partial charge in [0.05, 0.1) is 6.54 Å². The highest BCUT2D eigenvalue weighted by atomic mass is 16.2. The fraction of sp³-hybridized carbons (Fsp3) is 0.583. The van der Waals surface area contributed by atoms with Gasteiger partial charge < -0.3 is 16.0 Å². The van der Waals surface area contributed by atoms with Crippen LogP contribution in [0, 0.1) is 6.92 Å². The molecule has 3 N–H and O–H groups in total. The van der Waals surface area contributed by atoms with Crippen molar-refractivity contribution in [3.8, 4) is 0 Å². The van der Waals surface area contributed by atoms with E-state index in [2.05, 4.69) is 25.9 Å². The molecule has 0 bridgehead atoms. The van der Waals surface area contributed by atoms with Crippen LogP contribution in [0.4, 0.5) is 11.8 Å². The molecule has 1 fully saturated rings. The second-order valence-electron chi connectivity index (χ2n) is 4.44. The number of hydrogen-bond donors (Lipinski definition) is 3. The van der Waals surface area contributed by atoms with E-state index in [0.717, 1.165) is 25.1 Å². The third-order valence-electron chi connectivity index (χ3n) is 2.56. The van der Waals surface area contributed by atoms with E-state index in [1.54, 1.807) is 0 Å². The molecule has 0 saturated heterocycles. The molecule has 1 aromatic rings. The van der Waals surface area contributed by atoms with Crippen LogP contribution in [-0.4, -0.2) is 35.0 Å². The molecule has 0 aromatic carbocycles. The fourth-order valence-electron chi connectivity index (χ4n) is 1.57. The Balaban J connectivity index is 1.88. The van der Waals surface area contributed by atoms with Crippen LogP contribution in [0.15, 0.2) is 6.07 Å². The quantitative estimate of drug-likeness (QED) is 0.698. The maximum absolute atomic E-state index is 11.5. The number of anilines is 2. The molecule has 1 saturated carbocycles. The van der Waals surface area contributed by atoms with Crippen molar-refractivity contribution in [2.45, 2.75) is 32.7 Å². The predicted octanol–water partition coefficient (Wildman–Crippen LogP) is 0.907. The Hall–Kier alpha value is -1.85. The highest BCUT2D eigenvalue weighted by Gasteiger charge is 2.22. The van der Waals surface area contributed by atoms with Gasteiger partial charge in [0.1, 0.15) is 5.82 Å². The fourth-order valence-corrected chi connectivity index (χ4v) is 1.57. The van der Waals surface area contributed by atoms with Crippen molar-refractivity contribution in [1.82, 2.24) is 15.3 Å². The minimum atomic E-state index is 0.0127. The van der Waals surface area contributed by atoms with Gasteiger partial charge in [0, 0.05) is 24.3 Å². The van der Waals surface area contributed by atoms with Gasteiger partial charge in [0.15, 0.2) is 0 Å². The SMILES string of the molecule is CCNc1nc(C)cc(NCC(=O)NC2CC2)n1. The number of rotatable bonds is 6. The van der Waals surface area contributed by atoms with Crippen LogP contribution in [-0.2, 0) is 4.79 Å². The lowest BCUT2D eigenvalue weighted by atomic mass is 10.4. The normalized spacial score (nSPS) is 14.1. The Morgan fingerprint density at radius 2 is 2.17 bits per heavy atom. The second-order valence-corrected chi connectivity index (χ2v) is 4.44. The van der Waals surface area contributed by atoms with Crippen LogP contribution in [0.5, 0.6) is 0 Å². The van der Waals surface area contributed by atoms with Crippen LogP contribution in [0.1, 0.15) is 25.5 Å². The lowest BCUT2D eigenvalue weighted by Gasteiger charge is -2.09. The molecule has 98 valence electrons. The van der Waals surface area contributed by atoms with Gasteiger partial charge in [-0.15, -0.1) is 0 Å². The van der Waals surface area contributed by atoms with Crippen molar-refractivity contribution >= 4 is 17.7 Å². The molecule has 6 nitrogen and oxygen atoms in total. The van der Waals surface area contributed by atoms with E-state index in [1.807, 2.05) is 19.9 Å². The third kappa shape index (κ3) is 3.87. The van der Waals surface area contributed by atoms with E-state index in [0.29, 0.717) is 17.8 Å². The number of hydrogen-bond acceptors (Lipinski definition) is 5. The Kier molecular flexibility index (Phi) is 3.96. The minimum Gasteiger partial charge on any atom is -0.361 e. The molecule has 0 radical (unpaired) electrons. The summed E-state index contributed by atoms with van der Waals surface area (Å²) in [4.78, 5) is 20.1. The van der Waals surface area contributed by atoms with Crippen molar-refractivity contribution in [3.63, 3.8) is 0 Å². The zero-order valence-electron chi connectivity index (χ0n) is 10.8. The molecule has 0 aliphatic heterocycles. The lowest BCUT2D eigenvalue weighted by molar-refractivity contribution is -0.119. The topological polar surface area (TPSA) is 78.9 Å². The molecule has 1 aliphatic rings. The number of nitrogens with one attached hydrogen (secondary N) is 3. The lowest BCUT2D eigenvalue weighted by Crippen LogP contribution is -2.31. The maximum Gasteiger partial charge on any atom is 0.239 e. The molecule has 0 atom stereocenters. The van der Waals surface area contributed by atoms with Gasteiger partial charge in [-0.05, 0) is 26.7 Å². The van der Waals surface area contributed by atoms with Crippen LogP contribution in [0.25, 0.3) is 0 Å². The van der Waals surface area contributed by atoms with Gasteiger partial charge in [-0.25, -0.2) is 4.98 Å². The number of amides is 1. The summed E-state index contributed by atoms with van der Waals surface area (Å²) in [5.74, 6) is 1.27. The average Bonchev–Trinajstić information content (AvgIpc) is 3.10. The van der Waals surface area contributed by atoms with Gasteiger partial charge >= 0.3 is 0 Å². The van der Waals surface area contributed by atoms with Crippen LogP contribution >= 0.6 is 0 Å². The summed E-state index contributed by atoms with van der Waals surface area (Å²) in [6.45, 7) is 4.91. The van der Waals surface area contributed by atoms with Crippen LogP contribution in [0.2, 0.25) is 0 Å². The van der Waals surface area contributed by atoms with Crippen molar-refractivity contribution in [1.29, 1.82) is 0 Å². The van der Waals surface area contributed by atoms with Crippen molar-refractivity contribution < 1.29 is 4.79 Å². The Morgan fingerprint density at radius 3 is 2.83 bits per heavy atom. The van der Waals surface area contributed by atoms with Crippen LogP contribution < -0.4 is 16.0 Å². The number of carbonyl (C=O) groups excluding carboxylic acids is 1. The van der Waals surface area contributed by atoms with E-state index >= 15 is 0 Å². The first-order chi connectivity index (χ1) is 8.67. The number of aryl methyl sites for hydroxylation is 1. The molecule has 0 unspecified atom stereocenters. The Labute approximate surface area is 107 Å². The zero-order valence-corrected chi connectivity index (χ0v) is 10.8. The van der Waals surface area contributed by atoms with Gasteiger partial charge in [0.25, 0.3) is 0 Å². The number of aromatic nitrogens is 2. The first kappa shape index (κ1) is 12.6. The van der Waals surface area contributed by atoms with E-state index in [9.17, 15) is 4.79 Å². The van der Waals surface area contributed by atoms with Gasteiger partial charge in [-0.2, -0.15) is 4.98 Å². The molecular weight excluding hydrogens is 230 g/mol. The van der Waals surface area contributed by atoms with E-state index in [-0.39, 0.29) is 12.5 Å². The standard InChI is InChI=1S/C12H19N5O/c1-3-13-12-15-8(2)6-10(17-12)14-7-11(18)16-9-4-5-9/h6,9H,3-5,7H2,1-2H3,(H,16,18)(H2,13,14,15,17). The number of nitrogens with zero attached hydrogens (tertiary/aromatic N) is 2. The van der Waals surface area contributed by atoms with E-state index in [4.69, 9.17) is 0 Å². The summed E-state index contributed by atoms with van der Waals surface area (Å²) >= 11 is 0. The highest BCUT2D eigenvalue weighted by molar-refractivity contribution is 5.81. The first-order valence-corrected chi connectivity index (χ1v) is 6.30. The molecule has 1 aliphatic carbocycles. The smallest absolute Gasteiger partial charge is 0.239 e. The largest absolute Gasteiger partial charge is 0.361 e. The van der Waals surface area contributed by atoms with E-state index < -0.39 is 0 Å². The first-order valence-electron chi connectivity index (χ1n) is 6.30. The highest BCUT2D eigenvalue weighted by Crippen LogP contribution is 2.18. The van der Waals surface area contributed by atoms with Crippen molar-refractivity contribution in [2.75, 3.05) is 23.7 Å². The summed E-state index contributed by atoms with van der Waals surface area (Å²) < 4.78 is 0. The van der Waals surface area contributed by atoms with E-state index in [1.165, 1.54) is 0 Å². The molecule has 1 heterocycles. The molecule has 0 spiro atoms. The molecule has 18 heavy (non-hydrogen) atoms. The molecule has 6 heteroatoms. The average molecular weight is 249 g/mol. The summed E-state index contributed by atoms with van der Waals surface area (Å²) in [6.07, 6.45) is 2.20. The summed E-state index contributed by atoms with van der Waals surface area (Å²) in [6, 6.07) is 2.22. The summed E-state index contributed by atoms with van der Waals surface area (Å²) in [5.41, 5.74) is 0.867. The predicted molar refractivity (Wildman–Crippen MR) is 70.6 cm³/mol. The molecule has 1 amide bonds. The van der Waals surface area contributed by atoms with Gasteiger partial charge in [-0.3, -0.25) is 4.79 Å². The zero-order chi connectivity index (χ0) is 13.0. The molecule has 2 rings (SSSR count). The number of carbonyl (C=O) groups is 1. The summed E-state index contributed by atoms with van der Waals surface area (Å²) in [5, 5.41) is 8.99. The monoisotopic (exact) mass is 249 g/mol. The second kappa shape index (κ2) is 5.66.